The van der Waals surface area contributed by atoms with Crippen LogP contribution < -0.4 is 4.74 Å². The summed E-state index contributed by atoms with van der Waals surface area (Å²) in [5.74, 6) is 0.345. The molecule has 134 valence electrons. The van der Waals surface area contributed by atoms with Gasteiger partial charge in [-0.05, 0) is 25.1 Å². The number of furan rings is 1. The van der Waals surface area contributed by atoms with Gasteiger partial charge in [-0.15, -0.1) is 0 Å². The number of halogens is 1. The van der Waals surface area contributed by atoms with Crippen molar-refractivity contribution in [3.8, 4) is 17.1 Å². The van der Waals surface area contributed by atoms with E-state index in [1.807, 2.05) is 0 Å². The molecule has 1 aromatic heterocycles. The van der Waals surface area contributed by atoms with Crippen molar-refractivity contribution < 1.29 is 28.2 Å². The van der Waals surface area contributed by atoms with E-state index >= 15 is 0 Å². The number of benzene rings is 2. The third kappa shape index (κ3) is 3.75. The first-order valence-electron chi connectivity index (χ1n) is 7.86. The monoisotopic (exact) mass is 356 g/mol. The van der Waals surface area contributed by atoms with Gasteiger partial charge in [-0.2, -0.15) is 0 Å². The summed E-state index contributed by atoms with van der Waals surface area (Å²) in [5.41, 5.74) is 1.41. The van der Waals surface area contributed by atoms with Gasteiger partial charge in [-0.1, -0.05) is 30.8 Å². The normalized spacial score (nSPS) is 12.0. The minimum absolute atomic E-state index is 0.134. The molecule has 6 heteroatoms. The van der Waals surface area contributed by atoms with E-state index in [0.29, 0.717) is 22.7 Å². The molecule has 2 aromatic carbocycles. The molecule has 0 saturated carbocycles. The molecule has 0 radical (unpaired) electrons. The zero-order valence-corrected chi connectivity index (χ0v) is 14.1. The summed E-state index contributed by atoms with van der Waals surface area (Å²) in [6, 6.07) is 13.4. The zero-order valence-electron chi connectivity index (χ0n) is 14.1. The molecule has 0 bridgehead atoms. The quantitative estimate of drug-likeness (QED) is 0.400. The number of carbonyl (C=O) groups excluding carboxylic acids is 1. The number of rotatable bonds is 6. The van der Waals surface area contributed by atoms with E-state index in [1.165, 1.54) is 6.07 Å². The summed E-state index contributed by atoms with van der Waals surface area (Å²) >= 11 is 0. The van der Waals surface area contributed by atoms with Gasteiger partial charge in [-0.25, -0.2) is 9.18 Å². The van der Waals surface area contributed by atoms with E-state index in [0.717, 1.165) is 5.39 Å². The van der Waals surface area contributed by atoms with Crippen molar-refractivity contribution in [2.45, 2.75) is 13.3 Å². The molecule has 1 heterocycles. The molecule has 0 aliphatic carbocycles. The minimum Gasteiger partial charge on any atom is -0.457 e. The lowest BCUT2D eigenvalue weighted by Crippen LogP contribution is -2.10. The SMILES string of the molecule is C=C(C)C(=O)OCOc1ccc2cc(-c3ccccc3C(O)F)oc2c1. The lowest BCUT2D eigenvalue weighted by atomic mass is 10.1. The molecule has 26 heavy (non-hydrogen) atoms. The highest BCUT2D eigenvalue weighted by Gasteiger charge is 2.15. The first-order valence-corrected chi connectivity index (χ1v) is 7.86. The number of hydrogen-bond acceptors (Lipinski definition) is 5. The summed E-state index contributed by atoms with van der Waals surface area (Å²) < 4.78 is 29.4. The fraction of sp³-hybridized carbons (Fsp3) is 0.150. The van der Waals surface area contributed by atoms with Crippen molar-refractivity contribution in [2.24, 2.45) is 0 Å². The van der Waals surface area contributed by atoms with Crippen molar-refractivity contribution in [3.63, 3.8) is 0 Å². The Kier molecular flexibility index (Phi) is 5.04. The van der Waals surface area contributed by atoms with Crippen LogP contribution in [0.3, 0.4) is 0 Å². The molecule has 5 nitrogen and oxygen atoms in total. The highest BCUT2D eigenvalue weighted by Crippen LogP contribution is 2.34. The molecule has 1 N–H and O–H groups in total. The topological polar surface area (TPSA) is 68.9 Å². The van der Waals surface area contributed by atoms with Gasteiger partial charge in [0.1, 0.15) is 17.1 Å². The Bertz CT molecular complexity index is 958. The van der Waals surface area contributed by atoms with E-state index < -0.39 is 12.3 Å². The van der Waals surface area contributed by atoms with Crippen molar-refractivity contribution in [2.75, 3.05) is 6.79 Å². The van der Waals surface area contributed by atoms with Crippen molar-refractivity contribution >= 4 is 16.9 Å². The number of carbonyl (C=O) groups is 1. The summed E-state index contributed by atoms with van der Waals surface area (Å²) in [5, 5.41) is 10.1. The van der Waals surface area contributed by atoms with Crippen LogP contribution in [-0.4, -0.2) is 17.9 Å². The predicted molar refractivity (Wildman–Crippen MR) is 94.1 cm³/mol. The fourth-order valence-electron chi connectivity index (χ4n) is 2.44. The van der Waals surface area contributed by atoms with Crippen LogP contribution in [0.1, 0.15) is 18.8 Å². The largest absolute Gasteiger partial charge is 0.457 e. The van der Waals surface area contributed by atoms with Crippen molar-refractivity contribution in [3.05, 3.63) is 66.2 Å². The van der Waals surface area contributed by atoms with Gasteiger partial charge in [0.25, 0.3) is 0 Å². The van der Waals surface area contributed by atoms with Gasteiger partial charge < -0.3 is 19.0 Å². The Morgan fingerprint density at radius 1 is 1.27 bits per heavy atom. The number of aliphatic hydroxyl groups excluding tert-OH is 1. The van der Waals surface area contributed by atoms with Crippen LogP contribution in [0.15, 0.2) is 65.1 Å². The van der Waals surface area contributed by atoms with Crippen LogP contribution in [0, 0.1) is 0 Å². The van der Waals surface area contributed by atoms with Crippen LogP contribution in [-0.2, 0) is 9.53 Å². The summed E-state index contributed by atoms with van der Waals surface area (Å²) in [7, 11) is 0. The van der Waals surface area contributed by atoms with Gasteiger partial charge in [0, 0.05) is 28.2 Å². The van der Waals surface area contributed by atoms with Crippen LogP contribution in [0.25, 0.3) is 22.3 Å². The van der Waals surface area contributed by atoms with Crippen LogP contribution in [0.4, 0.5) is 4.39 Å². The van der Waals surface area contributed by atoms with E-state index in [4.69, 9.17) is 13.9 Å². The molecule has 1 atom stereocenters. The van der Waals surface area contributed by atoms with Gasteiger partial charge in [-0.3, -0.25) is 0 Å². The average molecular weight is 356 g/mol. The summed E-state index contributed by atoms with van der Waals surface area (Å²) in [6.45, 7) is 4.78. The number of aliphatic hydroxyl groups is 1. The zero-order chi connectivity index (χ0) is 18.7. The highest BCUT2D eigenvalue weighted by molar-refractivity contribution is 5.87. The standard InChI is InChI=1S/C20H17FO5/c1-12(2)20(23)25-11-24-14-8-7-13-9-18(26-17(13)10-14)15-5-3-4-6-16(15)19(21)22/h3-10,19,22H,1,11H2,2H3. The number of hydrogen-bond donors (Lipinski definition) is 1. The summed E-state index contributed by atoms with van der Waals surface area (Å²) in [6.07, 6.45) is -2.10. The fourth-order valence-corrected chi connectivity index (χ4v) is 2.44. The number of esters is 1. The van der Waals surface area contributed by atoms with Gasteiger partial charge in [0.2, 0.25) is 13.2 Å². The molecule has 0 aliphatic rings. The molecule has 3 aromatic rings. The second-order valence-corrected chi connectivity index (χ2v) is 5.71. The maximum atomic E-state index is 13.4. The maximum absolute atomic E-state index is 13.4. The average Bonchev–Trinajstić information content (AvgIpc) is 3.04. The molecule has 0 spiro atoms. The van der Waals surface area contributed by atoms with E-state index in [-0.39, 0.29) is 17.9 Å². The molecule has 0 saturated heterocycles. The lowest BCUT2D eigenvalue weighted by Gasteiger charge is -2.07. The van der Waals surface area contributed by atoms with Crippen LogP contribution in [0.5, 0.6) is 5.75 Å². The minimum atomic E-state index is -2.10. The molecule has 0 amide bonds. The number of ether oxygens (including phenoxy) is 2. The molecule has 3 rings (SSSR count). The van der Waals surface area contributed by atoms with Crippen LogP contribution >= 0.6 is 0 Å². The second-order valence-electron chi connectivity index (χ2n) is 5.71. The van der Waals surface area contributed by atoms with Crippen LogP contribution in [0.2, 0.25) is 0 Å². The van der Waals surface area contributed by atoms with Gasteiger partial charge >= 0.3 is 5.97 Å². The molecule has 0 fully saturated rings. The van der Waals surface area contributed by atoms with Crippen molar-refractivity contribution in [1.82, 2.24) is 0 Å². The molecule has 0 aliphatic heterocycles. The van der Waals surface area contributed by atoms with E-state index in [9.17, 15) is 14.3 Å². The Labute approximate surface area is 149 Å². The van der Waals surface area contributed by atoms with E-state index in [2.05, 4.69) is 6.58 Å². The first-order chi connectivity index (χ1) is 12.5. The van der Waals surface area contributed by atoms with Gasteiger partial charge in [0.05, 0.1) is 0 Å². The van der Waals surface area contributed by atoms with Crippen molar-refractivity contribution in [1.29, 1.82) is 0 Å². The van der Waals surface area contributed by atoms with Gasteiger partial charge in [0.15, 0.2) is 0 Å². The number of fused-ring (bicyclic) bond motifs is 1. The third-order valence-electron chi connectivity index (χ3n) is 3.74. The Morgan fingerprint density at radius 2 is 2.04 bits per heavy atom. The lowest BCUT2D eigenvalue weighted by molar-refractivity contribution is -0.145. The highest BCUT2D eigenvalue weighted by atomic mass is 19.1. The maximum Gasteiger partial charge on any atom is 0.335 e. The summed E-state index contributed by atoms with van der Waals surface area (Å²) in [4.78, 5) is 11.3. The number of alkyl halides is 1. The molecular formula is C20H17FO5. The smallest absolute Gasteiger partial charge is 0.335 e. The molecular weight excluding hydrogens is 339 g/mol. The Morgan fingerprint density at radius 3 is 2.77 bits per heavy atom. The first kappa shape index (κ1) is 17.7. The Balaban J connectivity index is 1.82. The second kappa shape index (κ2) is 7.41. The Hall–Kier alpha value is -3.12. The predicted octanol–water partition coefficient (Wildman–Crippen LogP) is 4.52. The third-order valence-corrected chi connectivity index (χ3v) is 3.74. The van der Waals surface area contributed by atoms with E-state index in [1.54, 1.807) is 49.4 Å². The molecule has 1 unspecified atom stereocenters.